The van der Waals surface area contributed by atoms with Crippen molar-refractivity contribution in [1.29, 1.82) is 0 Å². The van der Waals surface area contributed by atoms with E-state index in [1.165, 1.54) is 44.6 Å². The molecule has 0 heterocycles. The monoisotopic (exact) mass is 360 g/mol. The number of unbranched alkanes of at least 4 members (excludes halogenated alkanes) is 8. The van der Waals surface area contributed by atoms with Gasteiger partial charge in [0.15, 0.2) is 0 Å². The van der Waals surface area contributed by atoms with E-state index in [9.17, 15) is 8.42 Å². The minimum Gasteiger partial charge on any atom is -0.282 e. The topological polar surface area (TPSA) is 54.4 Å². The van der Waals surface area contributed by atoms with Crippen molar-refractivity contribution in [2.24, 2.45) is 0 Å². The van der Waals surface area contributed by atoms with Crippen LogP contribution in [0.25, 0.3) is 0 Å². The average molecular weight is 361 g/mol. The average Bonchev–Trinajstić information content (AvgIpc) is 2.49. The molecule has 132 valence electrons. The highest BCUT2D eigenvalue weighted by molar-refractivity contribution is 7.85. The standard InChI is InChI=1S/C18H29ClO3S/c1-16-12-13-18(23(20,21)22)15-17(16)11-9-7-5-3-2-4-6-8-10-14-19/h12-13,15H,2-11,14H2,1H3,(H,20,21,22). The van der Waals surface area contributed by atoms with Crippen molar-refractivity contribution in [3.63, 3.8) is 0 Å². The predicted octanol–water partition coefficient (Wildman–Crippen LogP) is 5.53. The van der Waals surface area contributed by atoms with Crippen LogP contribution < -0.4 is 0 Å². The molecule has 1 rings (SSSR count). The Bertz CT molecular complexity index is 555. The van der Waals surface area contributed by atoms with Gasteiger partial charge in [0.1, 0.15) is 0 Å². The fourth-order valence-electron chi connectivity index (χ4n) is 2.73. The molecular weight excluding hydrogens is 332 g/mol. The predicted molar refractivity (Wildman–Crippen MR) is 97.0 cm³/mol. The van der Waals surface area contributed by atoms with E-state index in [0.717, 1.165) is 42.7 Å². The summed E-state index contributed by atoms with van der Waals surface area (Å²) < 4.78 is 31.5. The first-order chi connectivity index (χ1) is 10.9. The summed E-state index contributed by atoms with van der Waals surface area (Å²) in [6.45, 7) is 1.98. The fraction of sp³-hybridized carbons (Fsp3) is 0.667. The molecule has 0 unspecified atom stereocenters. The Labute approximate surface area is 146 Å². The van der Waals surface area contributed by atoms with Crippen molar-refractivity contribution in [3.05, 3.63) is 29.3 Å². The van der Waals surface area contributed by atoms with Crippen LogP contribution in [0.2, 0.25) is 0 Å². The largest absolute Gasteiger partial charge is 0.294 e. The first kappa shape index (κ1) is 20.5. The zero-order chi connectivity index (χ0) is 17.1. The van der Waals surface area contributed by atoms with Gasteiger partial charge in [0.2, 0.25) is 0 Å². The second-order valence-corrected chi connectivity index (χ2v) is 7.98. The van der Waals surface area contributed by atoms with Crippen LogP contribution in [0.3, 0.4) is 0 Å². The van der Waals surface area contributed by atoms with Crippen LogP contribution in [0.5, 0.6) is 0 Å². The molecule has 0 bridgehead atoms. The maximum absolute atomic E-state index is 11.2. The number of alkyl halides is 1. The van der Waals surface area contributed by atoms with Crippen molar-refractivity contribution in [1.82, 2.24) is 0 Å². The second kappa shape index (κ2) is 11.1. The highest BCUT2D eigenvalue weighted by Gasteiger charge is 2.11. The molecule has 0 spiro atoms. The molecule has 0 aliphatic rings. The van der Waals surface area contributed by atoms with Crippen LogP contribution in [0.15, 0.2) is 23.1 Å². The van der Waals surface area contributed by atoms with Crippen LogP contribution in [0, 0.1) is 6.92 Å². The summed E-state index contributed by atoms with van der Waals surface area (Å²) in [6.07, 6.45) is 11.8. The summed E-state index contributed by atoms with van der Waals surface area (Å²) in [4.78, 5) is -0.00459. The van der Waals surface area contributed by atoms with Gasteiger partial charge in [-0.2, -0.15) is 8.42 Å². The molecule has 0 aromatic heterocycles. The van der Waals surface area contributed by atoms with Gasteiger partial charge in [-0.1, -0.05) is 51.0 Å². The van der Waals surface area contributed by atoms with Gasteiger partial charge in [0.25, 0.3) is 10.1 Å². The molecule has 1 aromatic carbocycles. The van der Waals surface area contributed by atoms with Crippen LogP contribution in [0.1, 0.15) is 68.9 Å². The lowest BCUT2D eigenvalue weighted by atomic mass is 10.0. The van der Waals surface area contributed by atoms with Crippen LogP contribution >= 0.6 is 11.6 Å². The number of benzene rings is 1. The highest BCUT2D eigenvalue weighted by atomic mass is 35.5. The van der Waals surface area contributed by atoms with Crippen LogP contribution in [0.4, 0.5) is 0 Å². The molecule has 0 amide bonds. The van der Waals surface area contributed by atoms with Crippen molar-refractivity contribution in [2.75, 3.05) is 5.88 Å². The van der Waals surface area contributed by atoms with Gasteiger partial charge in [-0.3, -0.25) is 4.55 Å². The smallest absolute Gasteiger partial charge is 0.282 e. The SMILES string of the molecule is Cc1ccc(S(=O)(=O)O)cc1CCCCCCCCCCCCl. The van der Waals surface area contributed by atoms with Crippen molar-refractivity contribution in [2.45, 2.75) is 76.0 Å². The normalized spacial score (nSPS) is 11.8. The summed E-state index contributed by atoms with van der Waals surface area (Å²) >= 11 is 5.65. The third-order valence-corrected chi connectivity index (χ3v) is 5.32. The maximum Gasteiger partial charge on any atom is 0.294 e. The van der Waals surface area contributed by atoms with Gasteiger partial charge < -0.3 is 0 Å². The molecule has 0 aliphatic carbocycles. The van der Waals surface area contributed by atoms with Crippen molar-refractivity contribution < 1.29 is 13.0 Å². The summed E-state index contributed by atoms with van der Waals surface area (Å²) in [5.74, 6) is 0.776. The van der Waals surface area contributed by atoms with Gasteiger partial charge in [-0.05, 0) is 49.4 Å². The third-order valence-electron chi connectivity index (χ3n) is 4.20. The molecule has 1 aromatic rings. The minimum absolute atomic E-state index is 0.00459. The maximum atomic E-state index is 11.2. The van der Waals surface area contributed by atoms with E-state index in [2.05, 4.69) is 0 Å². The minimum atomic E-state index is -4.10. The Kier molecular flexibility index (Phi) is 9.84. The Balaban J connectivity index is 2.21. The lowest BCUT2D eigenvalue weighted by Gasteiger charge is -2.08. The molecule has 3 nitrogen and oxygen atoms in total. The molecule has 0 atom stereocenters. The Hall–Kier alpha value is -0.580. The zero-order valence-corrected chi connectivity index (χ0v) is 15.6. The van der Waals surface area contributed by atoms with Gasteiger partial charge in [0.05, 0.1) is 4.90 Å². The molecule has 5 heteroatoms. The number of rotatable bonds is 12. The number of halogens is 1. The lowest BCUT2D eigenvalue weighted by Crippen LogP contribution is -2.00. The van der Waals surface area contributed by atoms with Gasteiger partial charge in [-0.25, -0.2) is 0 Å². The summed E-state index contributed by atoms with van der Waals surface area (Å²) in [6, 6.07) is 4.82. The fourth-order valence-corrected chi connectivity index (χ4v) is 3.45. The summed E-state index contributed by atoms with van der Waals surface area (Å²) in [7, 11) is -4.10. The molecule has 0 fully saturated rings. The first-order valence-corrected chi connectivity index (χ1v) is 10.6. The van der Waals surface area contributed by atoms with E-state index in [1.807, 2.05) is 6.92 Å². The van der Waals surface area contributed by atoms with Gasteiger partial charge >= 0.3 is 0 Å². The van der Waals surface area contributed by atoms with Crippen molar-refractivity contribution in [3.8, 4) is 0 Å². The molecule has 23 heavy (non-hydrogen) atoms. The quantitative estimate of drug-likeness (QED) is 0.302. The molecule has 0 saturated heterocycles. The van der Waals surface area contributed by atoms with Crippen LogP contribution in [-0.4, -0.2) is 18.9 Å². The number of aryl methyl sites for hydroxylation is 2. The molecule has 0 radical (unpaired) electrons. The van der Waals surface area contributed by atoms with Crippen molar-refractivity contribution >= 4 is 21.7 Å². The summed E-state index contributed by atoms with van der Waals surface area (Å²) in [5.41, 5.74) is 2.10. The lowest BCUT2D eigenvalue weighted by molar-refractivity contribution is 0.483. The van der Waals surface area contributed by atoms with E-state index in [1.54, 1.807) is 12.1 Å². The van der Waals surface area contributed by atoms with E-state index in [-0.39, 0.29) is 4.90 Å². The second-order valence-electron chi connectivity index (χ2n) is 6.18. The van der Waals surface area contributed by atoms with E-state index >= 15 is 0 Å². The van der Waals surface area contributed by atoms with E-state index < -0.39 is 10.1 Å². The zero-order valence-electron chi connectivity index (χ0n) is 14.1. The van der Waals surface area contributed by atoms with Gasteiger partial charge in [0, 0.05) is 5.88 Å². The molecule has 0 saturated carbocycles. The van der Waals surface area contributed by atoms with E-state index in [0.29, 0.717) is 0 Å². The Morgan fingerprint density at radius 2 is 1.43 bits per heavy atom. The van der Waals surface area contributed by atoms with Crippen LogP contribution in [-0.2, 0) is 16.5 Å². The van der Waals surface area contributed by atoms with E-state index in [4.69, 9.17) is 16.2 Å². The number of hydrogen-bond acceptors (Lipinski definition) is 2. The summed E-state index contributed by atoms with van der Waals surface area (Å²) in [5, 5.41) is 0. The number of hydrogen-bond donors (Lipinski definition) is 1. The third kappa shape index (κ3) is 8.73. The molecule has 1 N–H and O–H groups in total. The molecule has 0 aliphatic heterocycles. The van der Waals surface area contributed by atoms with Gasteiger partial charge in [-0.15, -0.1) is 11.6 Å². The molecular formula is C18H29ClO3S. The highest BCUT2D eigenvalue weighted by Crippen LogP contribution is 2.18. The first-order valence-electron chi connectivity index (χ1n) is 8.58. The Morgan fingerprint density at radius 1 is 0.913 bits per heavy atom. The Morgan fingerprint density at radius 3 is 1.96 bits per heavy atom.